The van der Waals surface area contributed by atoms with E-state index in [1.807, 2.05) is 48.0 Å². The number of carbonyl (C=O) groups excluding carboxylic acids is 1. The van der Waals surface area contributed by atoms with Crippen molar-refractivity contribution in [1.29, 1.82) is 0 Å². The first kappa shape index (κ1) is 20.5. The average molecular weight is 457 g/mol. The molecule has 152 valence electrons. The maximum absolute atomic E-state index is 12.3. The molecule has 0 aliphatic heterocycles. The van der Waals surface area contributed by atoms with Crippen molar-refractivity contribution in [3.63, 3.8) is 0 Å². The van der Waals surface area contributed by atoms with Gasteiger partial charge in [0.15, 0.2) is 15.3 Å². The Balaban J connectivity index is 1.35. The Kier molecular flexibility index (Phi) is 6.12. The zero-order chi connectivity index (χ0) is 21.1. The molecular weight excluding hydrogens is 440 g/mol. The molecule has 0 atom stereocenters. The van der Waals surface area contributed by atoms with Crippen LogP contribution in [0.4, 0.5) is 0 Å². The molecule has 1 amide bonds. The lowest BCUT2D eigenvalue weighted by molar-refractivity contribution is 0.0955. The number of fused-ring (bicyclic) bond motifs is 1. The number of thiazole rings is 1. The first-order chi connectivity index (χ1) is 14.5. The van der Waals surface area contributed by atoms with Crippen LogP contribution in [0.25, 0.3) is 4.96 Å². The number of imidazole rings is 1. The van der Waals surface area contributed by atoms with Crippen molar-refractivity contribution >= 4 is 51.8 Å². The first-order valence-corrected chi connectivity index (χ1v) is 11.2. The summed E-state index contributed by atoms with van der Waals surface area (Å²) < 4.78 is 1.81. The molecule has 0 saturated carbocycles. The van der Waals surface area contributed by atoms with Gasteiger partial charge in [0, 0.05) is 34.3 Å². The van der Waals surface area contributed by atoms with Crippen LogP contribution >= 0.6 is 34.7 Å². The predicted octanol–water partition coefficient (Wildman–Crippen LogP) is 4.51. The van der Waals surface area contributed by atoms with Gasteiger partial charge in [-0.15, -0.1) is 11.3 Å². The van der Waals surface area contributed by atoms with Gasteiger partial charge in [0.2, 0.25) is 0 Å². The summed E-state index contributed by atoms with van der Waals surface area (Å²) in [4.78, 5) is 26.2. The minimum absolute atomic E-state index is 0.301. The van der Waals surface area contributed by atoms with Crippen molar-refractivity contribution in [1.82, 2.24) is 24.8 Å². The van der Waals surface area contributed by atoms with E-state index in [1.54, 1.807) is 23.9 Å². The fourth-order valence-electron chi connectivity index (χ4n) is 2.77. The molecule has 7 nitrogen and oxygen atoms in total. The standard InChI is InChI=1S/C20H17ClN6OS2/c1-12-9-13(2)24-19(23-12)30-11-14-3-5-15(6-4-14)18(28)26-22-10-16-17(21)25-20-27(16)7-8-29-20/h3-10H,11H2,1-2H3,(H,26,28)/b22-10+. The minimum Gasteiger partial charge on any atom is -0.288 e. The van der Waals surface area contributed by atoms with Gasteiger partial charge < -0.3 is 0 Å². The first-order valence-electron chi connectivity index (χ1n) is 8.98. The number of nitrogens with one attached hydrogen (secondary N) is 1. The van der Waals surface area contributed by atoms with Gasteiger partial charge in [-0.25, -0.2) is 20.4 Å². The number of halogens is 1. The van der Waals surface area contributed by atoms with Crippen LogP contribution in [-0.4, -0.2) is 31.5 Å². The third-order valence-corrected chi connectivity index (χ3v) is 6.11. The van der Waals surface area contributed by atoms with Crippen molar-refractivity contribution in [3.05, 3.63) is 75.3 Å². The molecule has 0 spiro atoms. The third-order valence-electron chi connectivity index (χ3n) is 4.15. The Bertz CT molecular complexity index is 1210. The molecule has 0 bridgehead atoms. The number of aryl methyl sites for hydroxylation is 2. The van der Waals surface area contributed by atoms with E-state index in [4.69, 9.17) is 11.6 Å². The van der Waals surface area contributed by atoms with Crippen LogP contribution in [0.2, 0.25) is 5.15 Å². The second-order valence-electron chi connectivity index (χ2n) is 6.46. The Hall–Kier alpha value is -2.75. The lowest BCUT2D eigenvalue weighted by atomic mass is 10.1. The summed E-state index contributed by atoms with van der Waals surface area (Å²) >= 11 is 9.15. The predicted molar refractivity (Wildman–Crippen MR) is 121 cm³/mol. The fraction of sp³-hybridized carbons (Fsp3) is 0.150. The average Bonchev–Trinajstić information content (AvgIpc) is 3.27. The molecule has 4 aromatic rings. The number of benzene rings is 1. The van der Waals surface area contributed by atoms with Crippen molar-refractivity contribution in [2.24, 2.45) is 5.10 Å². The summed E-state index contributed by atoms with van der Waals surface area (Å²) in [6.07, 6.45) is 3.34. The summed E-state index contributed by atoms with van der Waals surface area (Å²) in [5.74, 6) is 0.421. The van der Waals surface area contributed by atoms with E-state index in [0.717, 1.165) is 32.8 Å². The Morgan fingerprint density at radius 2 is 1.97 bits per heavy atom. The van der Waals surface area contributed by atoms with Crippen molar-refractivity contribution in [2.45, 2.75) is 24.8 Å². The van der Waals surface area contributed by atoms with Gasteiger partial charge in [-0.05, 0) is 37.6 Å². The molecule has 0 fully saturated rings. The Morgan fingerprint density at radius 3 is 2.70 bits per heavy atom. The normalized spacial score (nSPS) is 11.4. The van der Waals surface area contributed by atoms with Gasteiger partial charge in [-0.3, -0.25) is 9.20 Å². The topological polar surface area (TPSA) is 84.5 Å². The number of aromatic nitrogens is 4. The highest BCUT2D eigenvalue weighted by atomic mass is 35.5. The maximum atomic E-state index is 12.3. The number of hydrogen-bond acceptors (Lipinski definition) is 7. The number of hydrogen-bond donors (Lipinski definition) is 1. The highest BCUT2D eigenvalue weighted by Crippen LogP contribution is 2.21. The van der Waals surface area contributed by atoms with E-state index < -0.39 is 0 Å². The van der Waals surface area contributed by atoms with Crippen LogP contribution in [0.15, 0.2) is 52.2 Å². The number of thioether (sulfide) groups is 1. The second-order valence-corrected chi connectivity index (χ2v) is 8.63. The molecule has 1 N–H and O–H groups in total. The van der Waals surface area contributed by atoms with Crippen LogP contribution in [0.5, 0.6) is 0 Å². The molecule has 10 heteroatoms. The molecule has 0 radical (unpaired) electrons. The van der Waals surface area contributed by atoms with Gasteiger partial charge in [0.1, 0.15) is 5.69 Å². The molecule has 3 heterocycles. The number of rotatable bonds is 6. The summed E-state index contributed by atoms with van der Waals surface area (Å²) in [5, 5.41) is 7.01. The zero-order valence-corrected chi connectivity index (χ0v) is 18.6. The molecule has 30 heavy (non-hydrogen) atoms. The van der Waals surface area contributed by atoms with Crippen LogP contribution < -0.4 is 5.43 Å². The molecule has 0 unspecified atom stereocenters. The van der Waals surface area contributed by atoms with Crippen LogP contribution in [0.3, 0.4) is 0 Å². The van der Waals surface area contributed by atoms with Gasteiger partial charge in [0.25, 0.3) is 5.91 Å². The van der Waals surface area contributed by atoms with E-state index >= 15 is 0 Å². The summed E-state index contributed by atoms with van der Waals surface area (Å²) in [7, 11) is 0. The van der Waals surface area contributed by atoms with E-state index in [1.165, 1.54) is 17.6 Å². The molecule has 0 aliphatic carbocycles. The van der Waals surface area contributed by atoms with E-state index in [-0.39, 0.29) is 5.91 Å². The zero-order valence-electron chi connectivity index (χ0n) is 16.2. The molecule has 3 aromatic heterocycles. The lowest BCUT2D eigenvalue weighted by Crippen LogP contribution is -2.17. The lowest BCUT2D eigenvalue weighted by Gasteiger charge is -2.05. The smallest absolute Gasteiger partial charge is 0.271 e. The van der Waals surface area contributed by atoms with Crippen molar-refractivity contribution < 1.29 is 4.79 Å². The molecule has 0 aliphatic rings. The van der Waals surface area contributed by atoms with Gasteiger partial charge in [-0.2, -0.15) is 5.10 Å². The van der Waals surface area contributed by atoms with Gasteiger partial charge >= 0.3 is 0 Å². The highest BCUT2D eigenvalue weighted by molar-refractivity contribution is 7.98. The van der Waals surface area contributed by atoms with Gasteiger partial charge in [0.05, 0.1) is 6.21 Å². The second kappa shape index (κ2) is 8.95. The number of hydrazone groups is 1. The summed E-state index contributed by atoms with van der Waals surface area (Å²) in [6.45, 7) is 3.91. The molecule has 0 saturated heterocycles. The largest absolute Gasteiger partial charge is 0.288 e. The third kappa shape index (κ3) is 4.69. The Labute approximate surface area is 186 Å². The van der Waals surface area contributed by atoms with E-state index in [0.29, 0.717) is 16.4 Å². The molecule has 1 aromatic carbocycles. The van der Waals surface area contributed by atoms with Crippen molar-refractivity contribution in [3.8, 4) is 0 Å². The van der Waals surface area contributed by atoms with E-state index in [9.17, 15) is 4.79 Å². The fourth-order valence-corrected chi connectivity index (χ4v) is 4.66. The molecular formula is C20H17ClN6OS2. The van der Waals surface area contributed by atoms with Crippen LogP contribution in [0, 0.1) is 13.8 Å². The minimum atomic E-state index is -0.301. The SMILES string of the molecule is Cc1cc(C)nc(SCc2ccc(C(=O)N/N=C/c3c(Cl)nc4sccn34)cc2)n1. The van der Waals surface area contributed by atoms with Gasteiger partial charge in [-0.1, -0.05) is 35.5 Å². The Morgan fingerprint density at radius 1 is 1.23 bits per heavy atom. The number of nitrogens with zero attached hydrogens (tertiary/aromatic N) is 5. The summed E-state index contributed by atoms with van der Waals surface area (Å²) in [6, 6.07) is 9.32. The monoisotopic (exact) mass is 456 g/mol. The number of carbonyl (C=O) groups is 1. The van der Waals surface area contributed by atoms with Crippen LogP contribution in [0.1, 0.15) is 33.0 Å². The molecule has 4 rings (SSSR count). The summed E-state index contributed by atoms with van der Waals surface area (Å²) in [5.41, 5.74) is 6.64. The maximum Gasteiger partial charge on any atom is 0.271 e. The quantitative estimate of drug-likeness (QED) is 0.200. The number of amides is 1. The van der Waals surface area contributed by atoms with Crippen LogP contribution in [-0.2, 0) is 5.75 Å². The van der Waals surface area contributed by atoms with E-state index in [2.05, 4.69) is 25.5 Å². The highest BCUT2D eigenvalue weighted by Gasteiger charge is 2.10. The van der Waals surface area contributed by atoms with Crippen molar-refractivity contribution in [2.75, 3.05) is 0 Å².